The Hall–Kier alpha value is -1.84. The van der Waals surface area contributed by atoms with Gasteiger partial charge in [-0.1, -0.05) is 29.5 Å². The van der Waals surface area contributed by atoms with Gasteiger partial charge < -0.3 is 10.3 Å². The van der Waals surface area contributed by atoms with Gasteiger partial charge in [-0.25, -0.2) is 13.1 Å². The minimum absolute atomic E-state index is 0.0834. The molecule has 2 aromatic rings. The Balaban J connectivity index is 2.26. The molecule has 3 N–H and O–H groups in total. The van der Waals surface area contributed by atoms with E-state index in [0.29, 0.717) is 17.0 Å². The second-order valence-corrected chi connectivity index (χ2v) is 6.58. The van der Waals surface area contributed by atoms with Gasteiger partial charge in [-0.3, -0.25) is 0 Å². The minimum atomic E-state index is -3.73. The van der Waals surface area contributed by atoms with E-state index in [2.05, 4.69) is 14.9 Å². The molecule has 112 valence electrons. The lowest BCUT2D eigenvalue weighted by Crippen LogP contribution is -2.24. The normalized spacial score (nSPS) is 11.5. The van der Waals surface area contributed by atoms with Crippen LogP contribution in [0.15, 0.2) is 27.6 Å². The fourth-order valence-corrected chi connectivity index (χ4v) is 3.06. The van der Waals surface area contributed by atoms with Crippen LogP contribution >= 0.6 is 12.2 Å². The molecule has 0 aliphatic rings. The molecule has 0 atom stereocenters. The third-order valence-corrected chi connectivity index (χ3v) is 4.52. The highest BCUT2D eigenvalue weighted by atomic mass is 32.2. The van der Waals surface area contributed by atoms with Crippen molar-refractivity contribution in [1.82, 2.24) is 14.9 Å². The largest absolute Gasteiger partial charge is 0.389 e. The van der Waals surface area contributed by atoms with Crippen LogP contribution in [0, 0.1) is 13.8 Å². The SMILES string of the molecule is Cc1noc(CNS(=O)(=O)c2cc(C(N)=S)ccc2C)n1. The lowest BCUT2D eigenvalue weighted by atomic mass is 10.1. The van der Waals surface area contributed by atoms with Gasteiger partial charge >= 0.3 is 0 Å². The summed E-state index contributed by atoms with van der Waals surface area (Å²) in [7, 11) is -3.73. The average Bonchev–Trinajstić information content (AvgIpc) is 2.82. The van der Waals surface area contributed by atoms with Crippen LogP contribution in [-0.2, 0) is 16.6 Å². The molecule has 0 amide bonds. The molecule has 0 fully saturated rings. The number of hydrogen-bond donors (Lipinski definition) is 2. The van der Waals surface area contributed by atoms with Crippen LogP contribution in [0.3, 0.4) is 0 Å². The first-order valence-electron chi connectivity index (χ1n) is 5.99. The third kappa shape index (κ3) is 3.63. The summed E-state index contributed by atoms with van der Waals surface area (Å²) in [6.07, 6.45) is 0. The van der Waals surface area contributed by atoms with Gasteiger partial charge in [0.15, 0.2) is 5.82 Å². The molecule has 1 aromatic carbocycles. The Morgan fingerprint density at radius 1 is 1.43 bits per heavy atom. The van der Waals surface area contributed by atoms with E-state index in [9.17, 15) is 8.42 Å². The van der Waals surface area contributed by atoms with E-state index in [0.717, 1.165) is 0 Å². The van der Waals surface area contributed by atoms with Crippen molar-refractivity contribution < 1.29 is 12.9 Å². The van der Waals surface area contributed by atoms with Crippen molar-refractivity contribution in [2.75, 3.05) is 0 Å². The molecule has 0 radical (unpaired) electrons. The van der Waals surface area contributed by atoms with Crippen LogP contribution in [0.5, 0.6) is 0 Å². The van der Waals surface area contributed by atoms with Crippen molar-refractivity contribution in [3.8, 4) is 0 Å². The van der Waals surface area contributed by atoms with Gasteiger partial charge in [-0.2, -0.15) is 4.98 Å². The summed E-state index contributed by atoms with van der Waals surface area (Å²) < 4.78 is 31.9. The highest BCUT2D eigenvalue weighted by Crippen LogP contribution is 2.17. The molecule has 0 spiro atoms. The molecule has 21 heavy (non-hydrogen) atoms. The highest BCUT2D eigenvalue weighted by Gasteiger charge is 2.19. The van der Waals surface area contributed by atoms with E-state index in [1.165, 1.54) is 6.07 Å². The number of nitrogens with zero attached hydrogens (tertiary/aromatic N) is 2. The van der Waals surface area contributed by atoms with E-state index in [1.54, 1.807) is 26.0 Å². The Bertz CT molecular complexity index is 784. The predicted octanol–water partition coefficient (Wildman–Crippen LogP) is 0.799. The van der Waals surface area contributed by atoms with Crippen LogP contribution in [0.1, 0.15) is 22.8 Å². The van der Waals surface area contributed by atoms with E-state index in [-0.39, 0.29) is 22.3 Å². The van der Waals surface area contributed by atoms with E-state index < -0.39 is 10.0 Å². The number of thiocarbonyl (C=S) groups is 1. The van der Waals surface area contributed by atoms with Crippen LogP contribution in [0.4, 0.5) is 0 Å². The van der Waals surface area contributed by atoms with E-state index >= 15 is 0 Å². The Morgan fingerprint density at radius 2 is 2.14 bits per heavy atom. The molecule has 0 aliphatic carbocycles. The first-order valence-corrected chi connectivity index (χ1v) is 7.88. The number of aryl methyl sites for hydroxylation is 2. The van der Waals surface area contributed by atoms with Crippen LogP contribution in [0.25, 0.3) is 0 Å². The number of nitrogens with one attached hydrogen (secondary N) is 1. The monoisotopic (exact) mass is 326 g/mol. The smallest absolute Gasteiger partial charge is 0.241 e. The van der Waals surface area contributed by atoms with Gasteiger partial charge in [-0.05, 0) is 25.5 Å². The van der Waals surface area contributed by atoms with Crippen molar-refractivity contribution in [2.45, 2.75) is 25.3 Å². The predicted molar refractivity (Wildman–Crippen MR) is 80.1 cm³/mol. The minimum Gasteiger partial charge on any atom is -0.389 e. The molecule has 0 unspecified atom stereocenters. The van der Waals surface area contributed by atoms with Crippen molar-refractivity contribution >= 4 is 27.2 Å². The first-order chi connectivity index (χ1) is 9.79. The standard InChI is InChI=1S/C12H14N4O3S2/c1-7-3-4-9(12(13)20)5-10(7)21(17,18)14-6-11-15-8(2)16-19-11/h3-5,14H,6H2,1-2H3,(H2,13,20). The maximum Gasteiger partial charge on any atom is 0.241 e. The zero-order valence-corrected chi connectivity index (χ0v) is 13.1. The number of benzene rings is 1. The van der Waals surface area contributed by atoms with Gasteiger partial charge in [0.05, 0.1) is 11.4 Å². The van der Waals surface area contributed by atoms with Gasteiger partial charge in [0.1, 0.15) is 4.99 Å². The summed E-state index contributed by atoms with van der Waals surface area (Å²) in [6, 6.07) is 4.77. The Labute approximate surface area is 127 Å². The number of rotatable bonds is 5. The second kappa shape index (κ2) is 5.88. The highest BCUT2D eigenvalue weighted by molar-refractivity contribution is 7.89. The second-order valence-electron chi connectivity index (χ2n) is 4.40. The van der Waals surface area contributed by atoms with Crippen molar-refractivity contribution in [2.24, 2.45) is 5.73 Å². The number of nitrogens with two attached hydrogens (primary N) is 1. The summed E-state index contributed by atoms with van der Waals surface area (Å²) in [6.45, 7) is 3.26. The quantitative estimate of drug-likeness (QED) is 0.782. The summed E-state index contributed by atoms with van der Waals surface area (Å²) in [4.78, 5) is 4.18. The lowest BCUT2D eigenvalue weighted by molar-refractivity contribution is 0.372. The molecule has 9 heteroatoms. The summed E-state index contributed by atoms with van der Waals surface area (Å²) >= 11 is 4.86. The van der Waals surface area contributed by atoms with Gasteiger partial charge in [0, 0.05) is 5.56 Å². The molecule has 0 bridgehead atoms. The zero-order valence-electron chi connectivity index (χ0n) is 11.5. The molecule has 1 aromatic heterocycles. The summed E-state index contributed by atoms with van der Waals surface area (Å²) in [5, 5.41) is 3.59. The molecule has 1 heterocycles. The molecule has 2 rings (SSSR count). The van der Waals surface area contributed by atoms with Crippen LogP contribution in [0.2, 0.25) is 0 Å². The fourth-order valence-electron chi connectivity index (χ4n) is 1.69. The third-order valence-electron chi connectivity index (χ3n) is 2.75. The van der Waals surface area contributed by atoms with Crippen LogP contribution in [-0.4, -0.2) is 23.5 Å². The molecule has 0 saturated carbocycles. The molecule has 0 saturated heterocycles. The van der Waals surface area contributed by atoms with Crippen molar-refractivity contribution in [1.29, 1.82) is 0 Å². The number of hydrogen-bond acceptors (Lipinski definition) is 6. The van der Waals surface area contributed by atoms with E-state index in [4.69, 9.17) is 22.5 Å². The molecular formula is C12H14N4O3S2. The maximum absolute atomic E-state index is 12.3. The zero-order chi connectivity index (χ0) is 15.6. The van der Waals surface area contributed by atoms with Gasteiger partial charge in [0.25, 0.3) is 0 Å². The fraction of sp³-hybridized carbons (Fsp3) is 0.250. The Kier molecular flexibility index (Phi) is 4.35. The maximum atomic E-state index is 12.3. The van der Waals surface area contributed by atoms with Gasteiger partial charge in [-0.15, -0.1) is 0 Å². The molecule has 7 nitrogen and oxygen atoms in total. The number of aromatic nitrogens is 2. The topological polar surface area (TPSA) is 111 Å². The van der Waals surface area contributed by atoms with E-state index in [1.807, 2.05) is 0 Å². The Morgan fingerprint density at radius 3 is 2.71 bits per heavy atom. The summed E-state index contributed by atoms with van der Waals surface area (Å²) in [5.41, 5.74) is 6.60. The van der Waals surface area contributed by atoms with Crippen molar-refractivity contribution in [3.63, 3.8) is 0 Å². The molecular weight excluding hydrogens is 312 g/mol. The number of sulfonamides is 1. The molecule has 0 aliphatic heterocycles. The average molecular weight is 326 g/mol. The lowest BCUT2D eigenvalue weighted by Gasteiger charge is -2.09. The van der Waals surface area contributed by atoms with Gasteiger partial charge in [0.2, 0.25) is 15.9 Å². The van der Waals surface area contributed by atoms with Crippen LogP contribution < -0.4 is 10.5 Å². The summed E-state index contributed by atoms with van der Waals surface area (Å²) in [5.74, 6) is 0.634. The first kappa shape index (κ1) is 15.5. The van der Waals surface area contributed by atoms with Crippen molar-refractivity contribution in [3.05, 3.63) is 41.0 Å².